The van der Waals surface area contributed by atoms with Crippen molar-refractivity contribution in [2.45, 2.75) is 40.0 Å². The van der Waals surface area contributed by atoms with Crippen molar-refractivity contribution in [2.75, 3.05) is 26.8 Å². The van der Waals surface area contributed by atoms with Gasteiger partial charge in [-0.3, -0.25) is 4.79 Å². The average Bonchev–Trinajstić information content (AvgIpc) is 2.38. The standard InChI is InChI=1S/C14H28N2O4/c1-5-11(8-12(17)18)9-15-13(19)16-10-14(2,3)6-7-20-4/h11H,5-10H2,1-4H3,(H,17,18)(H2,15,16,19). The van der Waals surface area contributed by atoms with Gasteiger partial charge in [0.25, 0.3) is 0 Å². The van der Waals surface area contributed by atoms with Crippen LogP contribution in [0.2, 0.25) is 0 Å². The molecule has 0 fully saturated rings. The van der Waals surface area contributed by atoms with Crippen LogP contribution in [0, 0.1) is 11.3 Å². The Morgan fingerprint density at radius 1 is 1.30 bits per heavy atom. The van der Waals surface area contributed by atoms with Crippen molar-refractivity contribution in [3.8, 4) is 0 Å². The lowest BCUT2D eigenvalue weighted by atomic mass is 9.90. The van der Waals surface area contributed by atoms with Crippen molar-refractivity contribution in [3.05, 3.63) is 0 Å². The van der Waals surface area contributed by atoms with Crippen LogP contribution in [0.3, 0.4) is 0 Å². The van der Waals surface area contributed by atoms with Crippen LogP contribution >= 0.6 is 0 Å². The van der Waals surface area contributed by atoms with Crippen molar-refractivity contribution >= 4 is 12.0 Å². The SMILES string of the molecule is CCC(CNC(=O)NCC(C)(C)CCOC)CC(=O)O. The van der Waals surface area contributed by atoms with E-state index in [4.69, 9.17) is 9.84 Å². The van der Waals surface area contributed by atoms with E-state index in [2.05, 4.69) is 24.5 Å². The molecule has 0 aromatic carbocycles. The minimum absolute atomic E-state index is 0.0280. The number of carboxylic acids is 1. The van der Waals surface area contributed by atoms with Crippen LogP contribution in [0.25, 0.3) is 0 Å². The summed E-state index contributed by atoms with van der Waals surface area (Å²) < 4.78 is 5.03. The van der Waals surface area contributed by atoms with Crippen LogP contribution in [-0.2, 0) is 9.53 Å². The number of ether oxygens (including phenoxy) is 1. The van der Waals surface area contributed by atoms with Crippen molar-refractivity contribution in [1.29, 1.82) is 0 Å². The summed E-state index contributed by atoms with van der Waals surface area (Å²) in [5.74, 6) is -0.862. The van der Waals surface area contributed by atoms with E-state index in [0.29, 0.717) is 19.7 Å². The number of carboxylic acid groups (broad SMARTS) is 1. The minimum atomic E-state index is -0.834. The first-order valence-corrected chi connectivity index (χ1v) is 7.03. The maximum atomic E-state index is 11.7. The Kier molecular flexibility index (Phi) is 8.96. The number of aliphatic carboxylic acids is 1. The predicted octanol–water partition coefficient (Wildman–Crippen LogP) is 1.85. The van der Waals surface area contributed by atoms with E-state index < -0.39 is 5.97 Å². The Labute approximate surface area is 121 Å². The number of rotatable bonds is 10. The van der Waals surface area contributed by atoms with Crippen LogP contribution in [0.1, 0.15) is 40.0 Å². The third-order valence-electron chi connectivity index (χ3n) is 3.30. The smallest absolute Gasteiger partial charge is 0.314 e. The molecular formula is C14H28N2O4. The monoisotopic (exact) mass is 288 g/mol. The van der Waals surface area contributed by atoms with Crippen molar-refractivity contribution < 1.29 is 19.4 Å². The topological polar surface area (TPSA) is 87.7 Å². The number of carbonyl (C=O) groups excluding carboxylic acids is 1. The van der Waals surface area contributed by atoms with E-state index >= 15 is 0 Å². The summed E-state index contributed by atoms with van der Waals surface area (Å²) in [7, 11) is 1.66. The molecule has 0 aliphatic rings. The summed E-state index contributed by atoms with van der Waals surface area (Å²) in [5.41, 5.74) is -0.0292. The average molecular weight is 288 g/mol. The highest BCUT2D eigenvalue weighted by molar-refractivity contribution is 5.74. The molecule has 118 valence electrons. The first-order valence-electron chi connectivity index (χ1n) is 7.03. The molecular weight excluding hydrogens is 260 g/mol. The van der Waals surface area contributed by atoms with Crippen LogP contribution in [0.5, 0.6) is 0 Å². The lowest BCUT2D eigenvalue weighted by molar-refractivity contribution is -0.138. The van der Waals surface area contributed by atoms with Crippen LogP contribution in [-0.4, -0.2) is 43.9 Å². The molecule has 2 amide bonds. The van der Waals surface area contributed by atoms with Gasteiger partial charge in [0.15, 0.2) is 0 Å². The second kappa shape index (κ2) is 9.58. The first kappa shape index (κ1) is 18.7. The molecule has 6 heteroatoms. The van der Waals surface area contributed by atoms with Crippen molar-refractivity contribution in [2.24, 2.45) is 11.3 Å². The predicted molar refractivity (Wildman–Crippen MR) is 77.7 cm³/mol. The van der Waals surface area contributed by atoms with Crippen molar-refractivity contribution in [1.82, 2.24) is 10.6 Å². The quantitative estimate of drug-likeness (QED) is 0.572. The van der Waals surface area contributed by atoms with Gasteiger partial charge in [-0.2, -0.15) is 0 Å². The highest BCUT2D eigenvalue weighted by atomic mass is 16.5. The van der Waals surface area contributed by atoms with Gasteiger partial charge in [0.2, 0.25) is 0 Å². The number of methoxy groups -OCH3 is 1. The summed E-state index contributed by atoms with van der Waals surface area (Å²) in [4.78, 5) is 22.3. The second-order valence-corrected chi connectivity index (χ2v) is 5.84. The third kappa shape index (κ3) is 9.61. The zero-order valence-electron chi connectivity index (χ0n) is 13.0. The first-order chi connectivity index (χ1) is 9.30. The van der Waals surface area contributed by atoms with E-state index in [0.717, 1.165) is 12.8 Å². The summed E-state index contributed by atoms with van der Waals surface area (Å²) in [5, 5.41) is 14.3. The molecule has 0 bridgehead atoms. The maximum absolute atomic E-state index is 11.7. The molecule has 1 unspecified atom stereocenters. The normalized spacial score (nSPS) is 12.8. The Hall–Kier alpha value is -1.30. The fourth-order valence-corrected chi connectivity index (χ4v) is 1.69. The Bertz CT molecular complexity index is 306. The molecule has 0 aliphatic carbocycles. The van der Waals surface area contributed by atoms with E-state index in [-0.39, 0.29) is 23.8 Å². The van der Waals surface area contributed by atoms with Crippen molar-refractivity contribution in [3.63, 3.8) is 0 Å². The number of hydrogen-bond acceptors (Lipinski definition) is 3. The zero-order valence-corrected chi connectivity index (χ0v) is 13.0. The van der Waals surface area contributed by atoms with E-state index in [9.17, 15) is 9.59 Å². The molecule has 0 spiro atoms. The lowest BCUT2D eigenvalue weighted by Crippen LogP contribution is -2.42. The molecule has 0 heterocycles. The highest BCUT2D eigenvalue weighted by Gasteiger charge is 2.19. The van der Waals surface area contributed by atoms with Gasteiger partial charge in [0, 0.05) is 33.2 Å². The molecule has 0 saturated carbocycles. The largest absolute Gasteiger partial charge is 0.481 e. The molecule has 0 rings (SSSR count). The molecule has 0 aromatic heterocycles. The van der Waals surface area contributed by atoms with Gasteiger partial charge in [-0.1, -0.05) is 27.2 Å². The second-order valence-electron chi connectivity index (χ2n) is 5.84. The van der Waals surface area contributed by atoms with E-state index in [1.807, 2.05) is 6.92 Å². The number of nitrogens with one attached hydrogen (secondary N) is 2. The van der Waals surface area contributed by atoms with Gasteiger partial charge in [0.05, 0.1) is 0 Å². The summed E-state index contributed by atoms with van der Waals surface area (Å²) >= 11 is 0. The molecule has 1 atom stereocenters. The fraction of sp³-hybridized carbons (Fsp3) is 0.857. The Morgan fingerprint density at radius 3 is 2.45 bits per heavy atom. The zero-order chi connectivity index (χ0) is 15.6. The molecule has 0 saturated heterocycles. The number of amides is 2. The van der Waals surface area contributed by atoms with Gasteiger partial charge >= 0.3 is 12.0 Å². The number of hydrogen-bond donors (Lipinski definition) is 3. The number of carbonyl (C=O) groups is 2. The highest BCUT2D eigenvalue weighted by Crippen LogP contribution is 2.18. The summed E-state index contributed by atoms with van der Waals surface area (Å²) in [6.07, 6.45) is 1.67. The maximum Gasteiger partial charge on any atom is 0.314 e. The van der Waals surface area contributed by atoms with E-state index in [1.165, 1.54) is 0 Å². The number of urea groups is 1. The third-order valence-corrected chi connectivity index (χ3v) is 3.30. The molecule has 20 heavy (non-hydrogen) atoms. The van der Waals surface area contributed by atoms with Gasteiger partial charge < -0.3 is 20.5 Å². The molecule has 0 aromatic rings. The Balaban J connectivity index is 3.95. The van der Waals surface area contributed by atoms with Crippen LogP contribution in [0.4, 0.5) is 4.79 Å². The van der Waals surface area contributed by atoms with Gasteiger partial charge in [-0.25, -0.2) is 4.79 Å². The lowest BCUT2D eigenvalue weighted by Gasteiger charge is -2.25. The fourth-order valence-electron chi connectivity index (χ4n) is 1.69. The molecule has 6 nitrogen and oxygen atoms in total. The van der Waals surface area contributed by atoms with E-state index in [1.54, 1.807) is 7.11 Å². The van der Waals surface area contributed by atoms with Crippen LogP contribution < -0.4 is 10.6 Å². The Morgan fingerprint density at radius 2 is 1.95 bits per heavy atom. The minimum Gasteiger partial charge on any atom is -0.481 e. The molecule has 0 radical (unpaired) electrons. The van der Waals surface area contributed by atoms with Gasteiger partial charge in [0.1, 0.15) is 0 Å². The molecule has 3 N–H and O–H groups in total. The van der Waals surface area contributed by atoms with Gasteiger partial charge in [-0.15, -0.1) is 0 Å². The van der Waals surface area contributed by atoms with Gasteiger partial charge in [-0.05, 0) is 17.8 Å². The summed E-state index contributed by atoms with van der Waals surface area (Å²) in [6.45, 7) is 7.63. The summed E-state index contributed by atoms with van der Waals surface area (Å²) in [6, 6.07) is -0.251. The van der Waals surface area contributed by atoms with Crippen LogP contribution in [0.15, 0.2) is 0 Å². The molecule has 0 aliphatic heterocycles.